The van der Waals surface area contributed by atoms with Gasteiger partial charge in [0.05, 0.1) is 24.8 Å². The minimum atomic E-state index is 0.137. The first kappa shape index (κ1) is 10.1. The van der Waals surface area contributed by atoms with E-state index in [2.05, 4.69) is 4.99 Å². The normalized spacial score (nSPS) is 22.4. The summed E-state index contributed by atoms with van der Waals surface area (Å²) in [5.41, 5.74) is 2.28. The van der Waals surface area contributed by atoms with Gasteiger partial charge in [-0.25, -0.2) is 0 Å². The van der Waals surface area contributed by atoms with Gasteiger partial charge in [-0.1, -0.05) is 11.6 Å². The molecule has 0 spiro atoms. The van der Waals surface area contributed by atoms with Crippen molar-refractivity contribution in [2.45, 2.75) is 19.1 Å². The number of fused-ring (bicyclic) bond motifs is 1. The highest BCUT2D eigenvalue weighted by Gasteiger charge is 2.19. The largest absolute Gasteiger partial charge is 0.486 e. The highest BCUT2D eigenvalue weighted by atomic mass is 35.5. The number of ether oxygens (including phenoxy) is 2. The molecule has 1 fully saturated rings. The first-order chi connectivity index (χ1) is 7.83. The van der Waals surface area contributed by atoms with Crippen molar-refractivity contribution in [1.82, 2.24) is 0 Å². The molecule has 0 unspecified atom stereocenters. The summed E-state index contributed by atoms with van der Waals surface area (Å²) in [5, 5.41) is 0.652. The lowest BCUT2D eigenvalue weighted by molar-refractivity contribution is 0.141. The summed E-state index contributed by atoms with van der Waals surface area (Å²) >= 11 is 6.16. The number of nitrogens with zero attached hydrogens (tertiary/aromatic N) is 1. The predicted molar refractivity (Wildman–Crippen MR) is 62.6 cm³/mol. The van der Waals surface area contributed by atoms with E-state index >= 15 is 0 Å². The van der Waals surface area contributed by atoms with Crippen LogP contribution in [0.1, 0.15) is 17.5 Å². The lowest BCUT2D eigenvalue weighted by Gasteiger charge is -2.14. The van der Waals surface area contributed by atoms with Crippen molar-refractivity contribution in [3.63, 3.8) is 0 Å². The van der Waals surface area contributed by atoms with E-state index in [1.54, 1.807) is 0 Å². The molecule has 1 aromatic carbocycles. The lowest BCUT2D eigenvalue weighted by Crippen LogP contribution is -2.16. The Hall–Kier alpha value is -1.06. The van der Waals surface area contributed by atoms with Crippen LogP contribution in [0.25, 0.3) is 0 Å². The molecular weight excluding hydrogens is 226 g/mol. The van der Waals surface area contributed by atoms with E-state index in [0.29, 0.717) is 11.6 Å². The van der Waals surface area contributed by atoms with E-state index in [1.165, 1.54) is 5.56 Å². The molecule has 3 nitrogen and oxygen atoms in total. The van der Waals surface area contributed by atoms with Crippen molar-refractivity contribution >= 4 is 17.8 Å². The van der Waals surface area contributed by atoms with Gasteiger partial charge in [-0.05, 0) is 23.3 Å². The number of aliphatic imine (C=N–C) groups is 1. The molecule has 2 heterocycles. The molecule has 3 rings (SSSR count). The van der Waals surface area contributed by atoms with Gasteiger partial charge in [-0.3, -0.25) is 4.99 Å². The van der Waals surface area contributed by atoms with Crippen molar-refractivity contribution in [2.75, 3.05) is 13.2 Å². The summed E-state index contributed by atoms with van der Waals surface area (Å²) < 4.78 is 11.1. The maximum absolute atomic E-state index is 6.16. The van der Waals surface area contributed by atoms with Crippen LogP contribution in [0, 0.1) is 0 Å². The van der Waals surface area contributed by atoms with Gasteiger partial charge < -0.3 is 9.47 Å². The zero-order valence-corrected chi connectivity index (χ0v) is 9.54. The van der Waals surface area contributed by atoms with Crippen LogP contribution in [0.2, 0.25) is 5.02 Å². The summed E-state index contributed by atoms with van der Waals surface area (Å²) in [6.07, 6.45) is 2.92. The fourth-order valence-corrected chi connectivity index (χ4v) is 2.20. The second kappa shape index (κ2) is 4.07. The zero-order valence-electron chi connectivity index (χ0n) is 8.78. The summed E-state index contributed by atoms with van der Waals surface area (Å²) in [4.78, 5) is 4.20. The van der Waals surface area contributed by atoms with E-state index in [0.717, 1.165) is 30.9 Å². The molecule has 1 atom stereocenters. The number of hydrogen-bond donors (Lipinski definition) is 0. The van der Waals surface area contributed by atoms with E-state index in [9.17, 15) is 0 Å². The molecule has 2 aliphatic heterocycles. The average molecular weight is 238 g/mol. The quantitative estimate of drug-likeness (QED) is 0.791. The van der Waals surface area contributed by atoms with Crippen LogP contribution in [0.3, 0.4) is 0 Å². The Kier molecular flexibility index (Phi) is 2.58. The molecule has 0 bridgehead atoms. The molecule has 1 saturated heterocycles. The molecule has 0 saturated carbocycles. The van der Waals surface area contributed by atoms with E-state index in [-0.39, 0.29) is 6.10 Å². The van der Waals surface area contributed by atoms with Gasteiger partial charge in [0.1, 0.15) is 11.9 Å². The molecule has 84 valence electrons. The number of benzene rings is 1. The maximum Gasteiger partial charge on any atom is 0.138 e. The smallest absolute Gasteiger partial charge is 0.138 e. The summed E-state index contributed by atoms with van der Waals surface area (Å²) in [6.45, 7) is 2.16. The van der Waals surface area contributed by atoms with E-state index < -0.39 is 0 Å². The fourth-order valence-electron chi connectivity index (χ4n) is 1.99. The molecule has 0 amide bonds. The molecule has 16 heavy (non-hydrogen) atoms. The lowest BCUT2D eigenvalue weighted by atomic mass is 10.1. The molecule has 2 aliphatic rings. The van der Waals surface area contributed by atoms with Crippen molar-refractivity contribution in [2.24, 2.45) is 4.99 Å². The zero-order chi connectivity index (χ0) is 11.0. The second-order valence-electron chi connectivity index (χ2n) is 4.05. The Morgan fingerprint density at radius 1 is 1.44 bits per heavy atom. The van der Waals surface area contributed by atoms with Crippen molar-refractivity contribution in [3.8, 4) is 5.75 Å². The number of hydrogen-bond acceptors (Lipinski definition) is 3. The Morgan fingerprint density at radius 2 is 2.38 bits per heavy atom. The molecule has 0 N–H and O–H groups in total. The topological polar surface area (TPSA) is 30.8 Å². The SMILES string of the molecule is Clc1cc2c(cc1O[C@H]1CCOC1)CN=C2. The Balaban J connectivity index is 1.84. The molecule has 0 aromatic heterocycles. The van der Waals surface area contributed by atoms with Gasteiger partial charge in [0.2, 0.25) is 0 Å². The molecule has 0 radical (unpaired) electrons. The summed E-state index contributed by atoms with van der Waals surface area (Å²) in [5.74, 6) is 0.751. The summed E-state index contributed by atoms with van der Waals surface area (Å²) in [6, 6.07) is 3.90. The fraction of sp³-hybridized carbons (Fsp3) is 0.417. The van der Waals surface area contributed by atoms with Crippen LogP contribution in [-0.4, -0.2) is 25.5 Å². The minimum absolute atomic E-state index is 0.137. The van der Waals surface area contributed by atoms with Gasteiger partial charge in [0, 0.05) is 12.6 Å². The van der Waals surface area contributed by atoms with Crippen LogP contribution < -0.4 is 4.74 Å². The van der Waals surface area contributed by atoms with Crippen LogP contribution in [-0.2, 0) is 11.3 Å². The third kappa shape index (κ3) is 1.81. The van der Waals surface area contributed by atoms with Crippen LogP contribution in [0.5, 0.6) is 5.75 Å². The third-order valence-corrected chi connectivity index (χ3v) is 3.16. The van der Waals surface area contributed by atoms with Gasteiger partial charge >= 0.3 is 0 Å². The Labute approximate surface area is 99.0 Å². The van der Waals surface area contributed by atoms with E-state index in [1.807, 2.05) is 18.3 Å². The van der Waals surface area contributed by atoms with Crippen LogP contribution >= 0.6 is 11.6 Å². The second-order valence-corrected chi connectivity index (χ2v) is 4.46. The van der Waals surface area contributed by atoms with Crippen LogP contribution in [0.15, 0.2) is 17.1 Å². The standard InChI is InChI=1S/C12H12ClNO2/c13-11-3-8-5-14-6-9(8)4-12(11)16-10-1-2-15-7-10/h3-5,10H,1-2,6-7H2/t10-/m0/s1. The monoisotopic (exact) mass is 237 g/mol. The highest BCUT2D eigenvalue weighted by Crippen LogP contribution is 2.31. The highest BCUT2D eigenvalue weighted by molar-refractivity contribution is 6.32. The number of rotatable bonds is 2. The average Bonchev–Trinajstić information content (AvgIpc) is 2.89. The van der Waals surface area contributed by atoms with Crippen LogP contribution in [0.4, 0.5) is 0 Å². The molecular formula is C12H12ClNO2. The predicted octanol–water partition coefficient (Wildman–Crippen LogP) is 2.44. The maximum atomic E-state index is 6.16. The van der Waals surface area contributed by atoms with Gasteiger partial charge in [0.15, 0.2) is 0 Å². The molecule has 4 heteroatoms. The van der Waals surface area contributed by atoms with Crippen molar-refractivity contribution in [1.29, 1.82) is 0 Å². The summed E-state index contributed by atoms with van der Waals surface area (Å²) in [7, 11) is 0. The van der Waals surface area contributed by atoms with Gasteiger partial charge in [0.25, 0.3) is 0 Å². The molecule has 1 aromatic rings. The van der Waals surface area contributed by atoms with Gasteiger partial charge in [-0.2, -0.15) is 0 Å². The Bertz CT molecular complexity index is 439. The first-order valence-electron chi connectivity index (χ1n) is 5.39. The van der Waals surface area contributed by atoms with Gasteiger partial charge in [-0.15, -0.1) is 0 Å². The first-order valence-corrected chi connectivity index (χ1v) is 5.77. The minimum Gasteiger partial charge on any atom is -0.486 e. The Morgan fingerprint density at radius 3 is 3.19 bits per heavy atom. The molecule has 0 aliphatic carbocycles. The van der Waals surface area contributed by atoms with Crippen molar-refractivity contribution in [3.05, 3.63) is 28.3 Å². The van der Waals surface area contributed by atoms with E-state index in [4.69, 9.17) is 21.1 Å². The van der Waals surface area contributed by atoms with Crippen molar-refractivity contribution < 1.29 is 9.47 Å². The third-order valence-electron chi connectivity index (χ3n) is 2.87. The number of halogens is 1.